The lowest BCUT2D eigenvalue weighted by Crippen LogP contribution is -2.53. The Morgan fingerprint density at radius 2 is 1.89 bits per heavy atom. The Morgan fingerprint density at radius 1 is 1.19 bits per heavy atom. The van der Waals surface area contributed by atoms with Crippen LogP contribution in [-0.4, -0.2) is 42.3 Å². The summed E-state index contributed by atoms with van der Waals surface area (Å²) in [6.45, 7) is 3.45. The molecule has 1 saturated carbocycles. The summed E-state index contributed by atoms with van der Waals surface area (Å²) in [6, 6.07) is 5.10. The fourth-order valence-electron chi connectivity index (χ4n) is 3.84. The maximum atomic E-state index is 12.4. The van der Waals surface area contributed by atoms with Crippen molar-refractivity contribution in [1.29, 1.82) is 0 Å². The third-order valence-corrected chi connectivity index (χ3v) is 5.59. The van der Waals surface area contributed by atoms with E-state index in [1.165, 1.54) is 0 Å². The van der Waals surface area contributed by atoms with Gasteiger partial charge in [0.15, 0.2) is 0 Å². The van der Waals surface area contributed by atoms with Crippen molar-refractivity contribution in [2.45, 2.75) is 51.0 Å². The van der Waals surface area contributed by atoms with E-state index >= 15 is 0 Å². The fourth-order valence-corrected chi connectivity index (χ4v) is 3.84. The number of carbonyl (C=O) groups excluding carboxylic acids is 2. The molecule has 0 spiro atoms. The number of β-amino-alcohol motifs (C(OH)–C–C–N with tert-alkyl or cyclic N) is 1. The first-order valence-electron chi connectivity index (χ1n) is 9.85. The molecule has 0 radical (unpaired) electrons. The zero-order valence-electron chi connectivity index (χ0n) is 15.9. The molecule has 3 amide bonds. The molecule has 3 rings (SSSR count). The highest BCUT2D eigenvalue weighted by molar-refractivity contribution is 5.96. The maximum absolute atomic E-state index is 12.4. The largest absolute Gasteiger partial charge is 0.387 e. The summed E-state index contributed by atoms with van der Waals surface area (Å²) in [5, 5.41) is 22.1. The number of carbonyl (C=O) groups is 2. The molecule has 1 aliphatic heterocycles. The van der Waals surface area contributed by atoms with E-state index in [0.717, 1.165) is 49.9 Å². The predicted molar refractivity (Wildman–Crippen MR) is 106 cm³/mol. The van der Waals surface area contributed by atoms with E-state index in [9.17, 15) is 14.7 Å². The number of anilines is 2. The number of nitrogens with one attached hydrogen (secondary N) is 4. The first kappa shape index (κ1) is 19.6. The van der Waals surface area contributed by atoms with Crippen LogP contribution in [0.15, 0.2) is 18.2 Å². The fraction of sp³-hybridized carbons (Fsp3) is 0.600. The first-order chi connectivity index (χ1) is 13.0. The molecule has 0 bridgehead atoms. The van der Waals surface area contributed by atoms with Gasteiger partial charge in [0.05, 0.1) is 5.60 Å². The number of piperidine rings is 1. The molecule has 27 heavy (non-hydrogen) atoms. The SMILES string of the molecule is Cc1c(NC(=O)NCC2(O)CCCNC2)cccc1NC(=O)C1CCCC1. The summed E-state index contributed by atoms with van der Waals surface area (Å²) in [5.74, 6) is 0.151. The topological polar surface area (TPSA) is 102 Å². The Hall–Kier alpha value is -2.12. The molecular weight excluding hydrogens is 344 g/mol. The summed E-state index contributed by atoms with van der Waals surface area (Å²) >= 11 is 0. The van der Waals surface area contributed by atoms with E-state index in [4.69, 9.17) is 0 Å². The van der Waals surface area contributed by atoms with Crippen molar-refractivity contribution in [3.63, 3.8) is 0 Å². The summed E-state index contributed by atoms with van der Waals surface area (Å²) in [6.07, 6.45) is 5.68. The zero-order valence-corrected chi connectivity index (χ0v) is 15.9. The maximum Gasteiger partial charge on any atom is 0.319 e. The van der Waals surface area contributed by atoms with E-state index in [1.54, 1.807) is 6.07 Å². The molecule has 1 saturated heterocycles. The highest BCUT2D eigenvalue weighted by atomic mass is 16.3. The minimum absolute atomic E-state index is 0.0595. The molecule has 148 valence electrons. The second-order valence-corrected chi connectivity index (χ2v) is 7.76. The quantitative estimate of drug-likeness (QED) is 0.546. The van der Waals surface area contributed by atoms with Gasteiger partial charge in [0, 0.05) is 30.4 Å². The molecule has 0 aromatic heterocycles. The molecule has 1 unspecified atom stereocenters. The van der Waals surface area contributed by atoms with Crippen LogP contribution >= 0.6 is 0 Å². The zero-order chi connectivity index (χ0) is 19.3. The molecule has 1 atom stereocenters. The van der Waals surface area contributed by atoms with Gasteiger partial charge >= 0.3 is 6.03 Å². The Kier molecular flexibility index (Phi) is 6.34. The number of benzene rings is 1. The number of urea groups is 1. The van der Waals surface area contributed by atoms with Crippen LogP contribution < -0.4 is 21.3 Å². The number of hydrogen-bond acceptors (Lipinski definition) is 4. The lowest BCUT2D eigenvalue weighted by molar-refractivity contribution is -0.119. The minimum Gasteiger partial charge on any atom is -0.387 e. The lowest BCUT2D eigenvalue weighted by Gasteiger charge is -2.32. The third-order valence-electron chi connectivity index (χ3n) is 5.59. The lowest BCUT2D eigenvalue weighted by atomic mass is 9.94. The van der Waals surface area contributed by atoms with Crippen molar-refractivity contribution in [3.8, 4) is 0 Å². The summed E-state index contributed by atoms with van der Waals surface area (Å²) in [5.41, 5.74) is 1.28. The minimum atomic E-state index is -0.901. The molecular formula is C20H30N4O3. The average molecular weight is 374 g/mol. The number of rotatable bonds is 5. The van der Waals surface area contributed by atoms with Gasteiger partial charge in [-0.05, 0) is 56.8 Å². The van der Waals surface area contributed by atoms with E-state index < -0.39 is 5.60 Å². The van der Waals surface area contributed by atoms with E-state index in [-0.39, 0.29) is 24.4 Å². The molecule has 7 heteroatoms. The Balaban J connectivity index is 1.56. The number of hydrogen-bond donors (Lipinski definition) is 5. The predicted octanol–water partition coefficient (Wildman–Crippen LogP) is 2.36. The Morgan fingerprint density at radius 3 is 2.56 bits per heavy atom. The van der Waals surface area contributed by atoms with E-state index in [0.29, 0.717) is 18.7 Å². The van der Waals surface area contributed by atoms with Crippen LogP contribution in [0.1, 0.15) is 44.1 Å². The van der Waals surface area contributed by atoms with Gasteiger partial charge in [-0.2, -0.15) is 0 Å². The van der Waals surface area contributed by atoms with Crippen LogP contribution in [0.2, 0.25) is 0 Å². The number of amides is 3. The molecule has 1 aromatic carbocycles. The van der Waals surface area contributed by atoms with Crippen LogP contribution in [-0.2, 0) is 4.79 Å². The molecule has 1 aromatic rings. The normalized spacial score (nSPS) is 23.0. The molecule has 1 aliphatic carbocycles. The second-order valence-electron chi connectivity index (χ2n) is 7.76. The summed E-state index contributed by atoms with van der Waals surface area (Å²) in [7, 11) is 0. The summed E-state index contributed by atoms with van der Waals surface area (Å²) in [4.78, 5) is 24.6. The van der Waals surface area contributed by atoms with Gasteiger partial charge < -0.3 is 26.4 Å². The Labute approximate surface area is 160 Å². The molecule has 1 heterocycles. The van der Waals surface area contributed by atoms with Gasteiger partial charge in [0.25, 0.3) is 0 Å². The van der Waals surface area contributed by atoms with Gasteiger partial charge in [0.2, 0.25) is 5.91 Å². The van der Waals surface area contributed by atoms with Crippen molar-refractivity contribution >= 4 is 23.3 Å². The first-order valence-corrected chi connectivity index (χ1v) is 9.85. The van der Waals surface area contributed by atoms with Crippen LogP contribution in [0, 0.1) is 12.8 Å². The molecule has 7 nitrogen and oxygen atoms in total. The second kappa shape index (κ2) is 8.71. The molecule has 2 fully saturated rings. The smallest absolute Gasteiger partial charge is 0.319 e. The third kappa shape index (κ3) is 5.20. The van der Waals surface area contributed by atoms with Crippen LogP contribution in [0.3, 0.4) is 0 Å². The van der Waals surface area contributed by atoms with Crippen molar-refractivity contribution in [1.82, 2.24) is 10.6 Å². The van der Waals surface area contributed by atoms with Gasteiger partial charge in [-0.25, -0.2) is 4.79 Å². The summed E-state index contributed by atoms with van der Waals surface area (Å²) < 4.78 is 0. The van der Waals surface area contributed by atoms with Gasteiger partial charge in [0.1, 0.15) is 0 Å². The average Bonchev–Trinajstić information content (AvgIpc) is 3.19. The van der Waals surface area contributed by atoms with Crippen molar-refractivity contribution in [2.24, 2.45) is 5.92 Å². The van der Waals surface area contributed by atoms with Crippen LogP contribution in [0.25, 0.3) is 0 Å². The standard InChI is InChI=1S/C20H30N4O3/c1-14-16(23-18(25)15-6-2-3-7-15)8-4-9-17(14)24-19(26)22-13-20(27)10-5-11-21-12-20/h4,8-9,15,21,27H,2-3,5-7,10-13H2,1H3,(H,23,25)(H2,22,24,26). The van der Waals surface area contributed by atoms with Crippen LogP contribution in [0.4, 0.5) is 16.2 Å². The highest BCUT2D eigenvalue weighted by Gasteiger charge is 2.29. The molecule has 5 N–H and O–H groups in total. The van der Waals surface area contributed by atoms with Gasteiger partial charge in [-0.1, -0.05) is 18.9 Å². The van der Waals surface area contributed by atoms with Crippen molar-refractivity contribution in [3.05, 3.63) is 23.8 Å². The van der Waals surface area contributed by atoms with Crippen LogP contribution in [0.5, 0.6) is 0 Å². The molecule has 2 aliphatic rings. The highest BCUT2D eigenvalue weighted by Crippen LogP contribution is 2.28. The van der Waals surface area contributed by atoms with E-state index in [2.05, 4.69) is 21.3 Å². The van der Waals surface area contributed by atoms with Crippen molar-refractivity contribution in [2.75, 3.05) is 30.3 Å². The van der Waals surface area contributed by atoms with E-state index in [1.807, 2.05) is 19.1 Å². The Bertz CT molecular complexity index is 680. The monoisotopic (exact) mass is 374 g/mol. The van der Waals surface area contributed by atoms with Gasteiger partial charge in [-0.15, -0.1) is 0 Å². The number of aliphatic hydroxyl groups is 1. The van der Waals surface area contributed by atoms with Gasteiger partial charge in [-0.3, -0.25) is 4.79 Å². The van der Waals surface area contributed by atoms with Crippen molar-refractivity contribution < 1.29 is 14.7 Å².